The molecule has 1 saturated heterocycles. The number of carbonyl (C=O) groups is 1. The zero-order valence-electron chi connectivity index (χ0n) is 9.13. The first-order valence-electron chi connectivity index (χ1n) is 5.38. The summed E-state index contributed by atoms with van der Waals surface area (Å²) >= 11 is 3.33. The van der Waals surface area contributed by atoms with Crippen LogP contribution in [0.2, 0.25) is 0 Å². The van der Waals surface area contributed by atoms with Gasteiger partial charge in [-0.15, -0.1) is 0 Å². The van der Waals surface area contributed by atoms with Crippen LogP contribution < -0.4 is 0 Å². The van der Waals surface area contributed by atoms with Crippen molar-refractivity contribution in [1.29, 1.82) is 0 Å². The zero-order valence-corrected chi connectivity index (χ0v) is 10.7. The second-order valence-electron chi connectivity index (χ2n) is 4.23. The summed E-state index contributed by atoms with van der Waals surface area (Å²) in [5.41, 5.74) is 0.230. The van der Waals surface area contributed by atoms with E-state index in [0.717, 1.165) is 23.5 Å². The topological polar surface area (TPSA) is 20.3 Å². The van der Waals surface area contributed by atoms with E-state index < -0.39 is 11.6 Å². The molecule has 0 aliphatic carbocycles. The Kier molecular flexibility index (Phi) is 3.76. The first-order chi connectivity index (χ1) is 8.10. The summed E-state index contributed by atoms with van der Waals surface area (Å²) in [5.74, 6) is -0.691. The fraction of sp³-hybridized carbons (Fsp3) is 0.417. The van der Waals surface area contributed by atoms with E-state index in [1.165, 1.54) is 0 Å². The molecule has 1 amide bonds. The standard InChI is InChI=1S/C12H12BrF2NO/c13-5-8-3-12(17)16(6-8)7-9-4-10(14)1-2-11(9)15/h1-2,4,8H,3,5-7H2. The first-order valence-corrected chi connectivity index (χ1v) is 6.50. The summed E-state index contributed by atoms with van der Waals surface area (Å²) < 4.78 is 26.4. The molecule has 17 heavy (non-hydrogen) atoms. The molecule has 1 atom stereocenters. The molecule has 5 heteroatoms. The molecule has 0 aromatic heterocycles. The Balaban J connectivity index is 2.11. The molecule has 0 radical (unpaired) electrons. The summed E-state index contributed by atoms with van der Waals surface area (Å²) in [6, 6.07) is 3.31. The molecule has 2 rings (SSSR count). The Hall–Kier alpha value is -0.970. The fourth-order valence-corrected chi connectivity index (χ4v) is 2.41. The highest BCUT2D eigenvalue weighted by atomic mass is 79.9. The lowest BCUT2D eigenvalue weighted by molar-refractivity contribution is -0.128. The Morgan fingerprint density at radius 3 is 2.82 bits per heavy atom. The van der Waals surface area contributed by atoms with Gasteiger partial charge in [-0.05, 0) is 24.1 Å². The van der Waals surface area contributed by atoms with Crippen molar-refractivity contribution in [2.45, 2.75) is 13.0 Å². The van der Waals surface area contributed by atoms with Gasteiger partial charge in [-0.2, -0.15) is 0 Å². The van der Waals surface area contributed by atoms with Crippen molar-refractivity contribution < 1.29 is 13.6 Å². The largest absolute Gasteiger partial charge is 0.338 e. The van der Waals surface area contributed by atoms with E-state index in [1.54, 1.807) is 4.90 Å². The van der Waals surface area contributed by atoms with Gasteiger partial charge in [0.1, 0.15) is 11.6 Å². The first kappa shape index (κ1) is 12.5. The number of halogens is 3. The molecule has 1 unspecified atom stereocenters. The minimum absolute atomic E-state index is 0.00175. The monoisotopic (exact) mass is 303 g/mol. The van der Waals surface area contributed by atoms with Crippen LogP contribution in [-0.2, 0) is 11.3 Å². The van der Waals surface area contributed by atoms with Crippen LogP contribution in [0.5, 0.6) is 0 Å². The number of likely N-dealkylation sites (tertiary alicyclic amines) is 1. The van der Waals surface area contributed by atoms with E-state index in [4.69, 9.17) is 0 Å². The van der Waals surface area contributed by atoms with Gasteiger partial charge in [-0.3, -0.25) is 4.79 Å². The number of hydrogen-bond donors (Lipinski definition) is 0. The van der Waals surface area contributed by atoms with Crippen LogP contribution in [0, 0.1) is 17.6 Å². The molecule has 1 aliphatic rings. The molecule has 2 nitrogen and oxygen atoms in total. The molecule has 0 saturated carbocycles. The third-order valence-corrected chi connectivity index (χ3v) is 3.80. The highest BCUT2D eigenvalue weighted by Gasteiger charge is 2.29. The molecule has 1 heterocycles. The van der Waals surface area contributed by atoms with Crippen molar-refractivity contribution in [2.75, 3.05) is 11.9 Å². The van der Waals surface area contributed by atoms with Crippen LogP contribution in [0.4, 0.5) is 8.78 Å². The van der Waals surface area contributed by atoms with Gasteiger partial charge in [0.25, 0.3) is 0 Å². The average Bonchev–Trinajstić information content (AvgIpc) is 2.65. The van der Waals surface area contributed by atoms with E-state index in [1.807, 2.05) is 0 Å². The maximum atomic E-state index is 13.4. The van der Waals surface area contributed by atoms with Crippen LogP contribution in [0.3, 0.4) is 0 Å². The number of alkyl halides is 1. The van der Waals surface area contributed by atoms with Gasteiger partial charge in [0, 0.05) is 30.4 Å². The third-order valence-electron chi connectivity index (χ3n) is 2.88. The summed E-state index contributed by atoms with van der Waals surface area (Å²) in [6.07, 6.45) is 0.474. The highest BCUT2D eigenvalue weighted by molar-refractivity contribution is 9.09. The number of carbonyl (C=O) groups excluding carboxylic acids is 1. The van der Waals surface area contributed by atoms with E-state index in [-0.39, 0.29) is 23.9 Å². The summed E-state index contributed by atoms with van der Waals surface area (Å²) in [6.45, 7) is 0.742. The smallest absolute Gasteiger partial charge is 0.223 e. The van der Waals surface area contributed by atoms with Crippen LogP contribution in [0.25, 0.3) is 0 Å². The molecule has 0 N–H and O–H groups in total. The number of amides is 1. The van der Waals surface area contributed by atoms with E-state index in [0.29, 0.717) is 13.0 Å². The van der Waals surface area contributed by atoms with Gasteiger partial charge < -0.3 is 4.90 Å². The SMILES string of the molecule is O=C1CC(CBr)CN1Cc1cc(F)ccc1F. The minimum Gasteiger partial charge on any atom is -0.338 e. The molecule has 1 aromatic rings. The molecule has 92 valence electrons. The summed E-state index contributed by atoms with van der Waals surface area (Å²) in [7, 11) is 0. The van der Waals surface area contributed by atoms with E-state index in [9.17, 15) is 13.6 Å². The Labute approximate surface area is 107 Å². The van der Waals surface area contributed by atoms with Crippen LogP contribution in [0.1, 0.15) is 12.0 Å². The maximum absolute atomic E-state index is 13.4. The number of hydrogen-bond acceptors (Lipinski definition) is 1. The normalized spacial score (nSPS) is 20.1. The van der Waals surface area contributed by atoms with Gasteiger partial charge in [-0.1, -0.05) is 15.9 Å². The van der Waals surface area contributed by atoms with E-state index in [2.05, 4.69) is 15.9 Å². The molecular formula is C12H12BrF2NO. The second kappa shape index (κ2) is 5.12. The van der Waals surface area contributed by atoms with Gasteiger partial charge in [0.05, 0.1) is 0 Å². The predicted molar refractivity (Wildman–Crippen MR) is 63.7 cm³/mol. The lowest BCUT2D eigenvalue weighted by atomic mass is 10.1. The molecule has 0 spiro atoms. The van der Waals surface area contributed by atoms with Crippen molar-refractivity contribution >= 4 is 21.8 Å². The van der Waals surface area contributed by atoms with Crippen molar-refractivity contribution in [3.8, 4) is 0 Å². The van der Waals surface area contributed by atoms with Crippen LogP contribution in [-0.4, -0.2) is 22.7 Å². The summed E-state index contributed by atoms with van der Waals surface area (Å²) in [4.78, 5) is 13.2. The van der Waals surface area contributed by atoms with Crippen molar-refractivity contribution in [2.24, 2.45) is 5.92 Å². The van der Waals surface area contributed by atoms with Gasteiger partial charge in [0.2, 0.25) is 5.91 Å². The highest BCUT2D eigenvalue weighted by Crippen LogP contribution is 2.22. The lowest BCUT2D eigenvalue weighted by Gasteiger charge is -2.16. The van der Waals surface area contributed by atoms with Crippen molar-refractivity contribution in [1.82, 2.24) is 4.90 Å². The second-order valence-corrected chi connectivity index (χ2v) is 4.88. The number of rotatable bonds is 3. The zero-order chi connectivity index (χ0) is 12.4. The number of nitrogens with zero attached hydrogens (tertiary/aromatic N) is 1. The molecule has 0 bridgehead atoms. The fourth-order valence-electron chi connectivity index (χ4n) is 1.98. The Morgan fingerprint density at radius 2 is 2.18 bits per heavy atom. The maximum Gasteiger partial charge on any atom is 0.223 e. The third kappa shape index (κ3) is 2.83. The van der Waals surface area contributed by atoms with Crippen LogP contribution >= 0.6 is 15.9 Å². The Bertz CT molecular complexity index is 439. The summed E-state index contributed by atoms with van der Waals surface area (Å²) in [5, 5.41) is 0.751. The quantitative estimate of drug-likeness (QED) is 0.786. The average molecular weight is 304 g/mol. The lowest BCUT2D eigenvalue weighted by Crippen LogP contribution is -2.25. The van der Waals surface area contributed by atoms with Gasteiger partial charge in [0.15, 0.2) is 0 Å². The molecular weight excluding hydrogens is 292 g/mol. The van der Waals surface area contributed by atoms with Crippen molar-refractivity contribution in [3.05, 3.63) is 35.4 Å². The van der Waals surface area contributed by atoms with Crippen molar-refractivity contribution in [3.63, 3.8) is 0 Å². The minimum atomic E-state index is -0.481. The predicted octanol–water partition coefficient (Wildman–Crippen LogP) is 2.71. The van der Waals surface area contributed by atoms with E-state index >= 15 is 0 Å². The number of benzene rings is 1. The van der Waals surface area contributed by atoms with Gasteiger partial charge >= 0.3 is 0 Å². The molecule has 1 aromatic carbocycles. The molecule has 1 aliphatic heterocycles. The van der Waals surface area contributed by atoms with Gasteiger partial charge in [-0.25, -0.2) is 8.78 Å². The van der Waals surface area contributed by atoms with Crippen LogP contribution in [0.15, 0.2) is 18.2 Å². The Morgan fingerprint density at radius 1 is 1.41 bits per heavy atom. The molecule has 1 fully saturated rings.